The van der Waals surface area contributed by atoms with Gasteiger partial charge in [-0.3, -0.25) is 0 Å². The van der Waals surface area contributed by atoms with Gasteiger partial charge in [0.2, 0.25) is 0 Å². The molecule has 0 aromatic heterocycles. The molecule has 0 aromatic carbocycles. The average molecular weight is 172 g/mol. The maximum Gasteiger partial charge on any atom is 0.118 e. The molecule has 1 saturated heterocycles. The number of nitrogens with two attached hydrogens (primary N) is 1. The molecule has 0 unspecified atom stereocenters. The van der Waals surface area contributed by atoms with E-state index in [-0.39, 0.29) is 0 Å². The van der Waals surface area contributed by atoms with Crippen LogP contribution in [0.15, 0.2) is 5.16 Å². The molecular formula is C8H16N2O2. The van der Waals surface area contributed by atoms with E-state index >= 15 is 0 Å². The van der Waals surface area contributed by atoms with Crippen LogP contribution in [0, 0.1) is 0 Å². The summed E-state index contributed by atoms with van der Waals surface area (Å²) in [6.45, 7) is 2.84. The van der Waals surface area contributed by atoms with Gasteiger partial charge in [-0.25, -0.2) is 0 Å². The number of hydrogen-bond acceptors (Lipinski definition) is 4. The highest BCUT2D eigenvalue weighted by Gasteiger charge is 2.06. The van der Waals surface area contributed by atoms with E-state index in [0.717, 1.165) is 38.2 Å². The van der Waals surface area contributed by atoms with E-state index in [1.54, 1.807) is 0 Å². The van der Waals surface area contributed by atoms with Crippen molar-refractivity contribution in [3.63, 3.8) is 0 Å². The largest absolute Gasteiger partial charge is 0.396 e. The second-order valence-corrected chi connectivity index (χ2v) is 2.75. The van der Waals surface area contributed by atoms with Crippen molar-refractivity contribution < 1.29 is 9.57 Å². The third-order valence-corrected chi connectivity index (χ3v) is 1.70. The van der Waals surface area contributed by atoms with Crippen LogP contribution in [-0.2, 0) is 9.57 Å². The van der Waals surface area contributed by atoms with Crippen molar-refractivity contribution in [2.24, 2.45) is 10.9 Å². The van der Waals surface area contributed by atoms with Gasteiger partial charge in [-0.15, -0.1) is 0 Å². The summed E-state index contributed by atoms with van der Waals surface area (Å²) in [5, 5.41) is 4.00. The Morgan fingerprint density at radius 2 is 2.17 bits per heavy atom. The number of nitrogens with zero attached hydrogens (tertiary/aromatic N) is 1. The maximum atomic E-state index is 5.30. The molecule has 70 valence electrons. The molecule has 12 heavy (non-hydrogen) atoms. The second-order valence-electron chi connectivity index (χ2n) is 2.75. The van der Waals surface area contributed by atoms with Crippen LogP contribution in [0.2, 0.25) is 0 Å². The minimum Gasteiger partial charge on any atom is -0.396 e. The highest BCUT2D eigenvalue weighted by molar-refractivity contribution is 5.84. The Morgan fingerprint density at radius 3 is 2.83 bits per heavy atom. The van der Waals surface area contributed by atoms with Gasteiger partial charge in [-0.1, -0.05) is 5.16 Å². The summed E-state index contributed by atoms with van der Waals surface area (Å²) in [6.07, 6.45) is 2.68. The maximum absolute atomic E-state index is 5.30. The molecule has 4 nitrogen and oxygen atoms in total. The molecule has 0 amide bonds. The van der Waals surface area contributed by atoms with Crippen LogP contribution in [0.1, 0.15) is 19.3 Å². The smallest absolute Gasteiger partial charge is 0.118 e. The minimum atomic E-state index is 0.626. The molecule has 0 atom stereocenters. The lowest BCUT2D eigenvalue weighted by Gasteiger charge is -2.12. The molecule has 4 heteroatoms. The number of ether oxygens (including phenoxy) is 1. The van der Waals surface area contributed by atoms with Gasteiger partial charge >= 0.3 is 0 Å². The van der Waals surface area contributed by atoms with Gasteiger partial charge in [0.1, 0.15) is 6.61 Å². The number of oxime groups is 1. The molecular weight excluding hydrogens is 156 g/mol. The first-order valence-electron chi connectivity index (χ1n) is 4.39. The molecule has 0 radical (unpaired) electrons. The Balaban J connectivity index is 2.08. The van der Waals surface area contributed by atoms with Crippen molar-refractivity contribution in [1.82, 2.24) is 0 Å². The third-order valence-electron chi connectivity index (χ3n) is 1.70. The zero-order chi connectivity index (χ0) is 8.65. The zero-order valence-electron chi connectivity index (χ0n) is 7.29. The predicted octanol–water partition coefficient (Wildman–Crippen LogP) is 0.518. The lowest BCUT2D eigenvalue weighted by Crippen LogP contribution is -2.15. The van der Waals surface area contributed by atoms with Gasteiger partial charge in [0.05, 0.1) is 18.9 Å². The van der Waals surface area contributed by atoms with Crippen molar-refractivity contribution in [2.75, 3.05) is 26.4 Å². The standard InChI is InChI=1S/C8H16N2O2/c9-4-1-5-12-10-8-2-6-11-7-3-8/h1-7,9H2. The van der Waals surface area contributed by atoms with Crippen LogP contribution in [0.5, 0.6) is 0 Å². The van der Waals surface area contributed by atoms with E-state index in [0.29, 0.717) is 13.2 Å². The average Bonchev–Trinajstić information content (AvgIpc) is 2.14. The first-order valence-corrected chi connectivity index (χ1v) is 4.39. The number of hydrogen-bond donors (Lipinski definition) is 1. The Kier molecular flexibility index (Phi) is 4.71. The second kappa shape index (κ2) is 5.97. The highest BCUT2D eigenvalue weighted by atomic mass is 16.6. The topological polar surface area (TPSA) is 56.8 Å². The molecule has 0 saturated carbocycles. The lowest BCUT2D eigenvalue weighted by atomic mass is 10.2. The van der Waals surface area contributed by atoms with Crippen LogP contribution in [0.3, 0.4) is 0 Å². The molecule has 1 fully saturated rings. The first-order chi connectivity index (χ1) is 5.93. The lowest BCUT2D eigenvalue weighted by molar-refractivity contribution is 0.118. The molecule has 0 aliphatic carbocycles. The van der Waals surface area contributed by atoms with Gasteiger partial charge in [-0.05, 0) is 13.0 Å². The van der Waals surface area contributed by atoms with Gasteiger partial charge in [-0.2, -0.15) is 0 Å². The van der Waals surface area contributed by atoms with E-state index < -0.39 is 0 Å². The molecule has 0 bridgehead atoms. The third kappa shape index (κ3) is 3.69. The Hall–Kier alpha value is -0.610. The SMILES string of the molecule is NCCCON=C1CCOCC1. The molecule has 1 aliphatic rings. The molecule has 1 heterocycles. The molecule has 0 spiro atoms. The quantitative estimate of drug-likeness (QED) is 0.496. The Bertz CT molecular complexity index is 140. The van der Waals surface area contributed by atoms with E-state index in [9.17, 15) is 0 Å². The monoisotopic (exact) mass is 172 g/mol. The van der Waals surface area contributed by atoms with Crippen LogP contribution < -0.4 is 5.73 Å². The van der Waals surface area contributed by atoms with E-state index in [4.69, 9.17) is 15.3 Å². The summed E-state index contributed by atoms with van der Waals surface area (Å²) in [5.74, 6) is 0. The summed E-state index contributed by atoms with van der Waals surface area (Å²) >= 11 is 0. The van der Waals surface area contributed by atoms with E-state index in [1.807, 2.05) is 0 Å². The summed E-state index contributed by atoms with van der Waals surface area (Å²) in [5.41, 5.74) is 6.41. The predicted molar refractivity (Wildman–Crippen MR) is 47.1 cm³/mol. The Labute approximate surface area is 72.7 Å². The van der Waals surface area contributed by atoms with Crippen molar-refractivity contribution in [2.45, 2.75) is 19.3 Å². The molecule has 1 rings (SSSR count). The highest BCUT2D eigenvalue weighted by Crippen LogP contribution is 2.02. The zero-order valence-corrected chi connectivity index (χ0v) is 7.29. The molecule has 1 aliphatic heterocycles. The fourth-order valence-electron chi connectivity index (χ4n) is 0.983. The van der Waals surface area contributed by atoms with Crippen LogP contribution in [0.4, 0.5) is 0 Å². The van der Waals surface area contributed by atoms with Crippen molar-refractivity contribution in [3.05, 3.63) is 0 Å². The minimum absolute atomic E-state index is 0.626. The Morgan fingerprint density at radius 1 is 1.42 bits per heavy atom. The summed E-state index contributed by atoms with van der Waals surface area (Å²) in [4.78, 5) is 5.07. The van der Waals surface area contributed by atoms with Gasteiger partial charge < -0.3 is 15.3 Å². The van der Waals surface area contributed by atoms with E-state index in [1.165, 1.54) is 0 Å². The summed E-state index contributed by atoms with van der Waals surface area (Å²) < 4.78 is 5.17. The normalized spacial score (nSPS) is 17.6. The van der Waals surface area contributed by atoms with Gasteiger partial charge in [0, 0.05) is 12.8 Å². The summed E-state index contributed by atoms with van der Waals surface area (Å²) in [7, 11) is 0. The van der Waals surface area contributed by atoms with Crippen LogP contribution in [-0.4, -0.2) is 32.1 Å². The fraction of sp³-hybridized carbons (Fsp3) is 0.875. The van der Waals surface area contributed by atoms with Crippen molar-refractivity contribution in [1.29, 1.82) is 0 Å². The fourth-order valence-corrected chi connectivity index (χ4v) is 0.983. The van der Waals surface area contributed by atoms with Crippen LogP contribution >= 0.6 is 0 Å². The number of rotatable bonds is 4. The van der Waals surface area contributed by atoms with Crippen LogP contribution in [0.25, 0.3) is 0 Å². The first kappa shape index (κ1) is 9.48. The van der Waals surface area contributed by atoms with Gasteiger partial charge in [0.25, 0.3) is 0 Å². The summed E-state index contributed by atoms with van der Waals surface area (Å²) in [6, 6.07) is 0. The van der Waals surface area contributed by atoms with Gasteiger partial charge in [0.15, 0.2) is 0 Å². The van der Waals surface area contributed by atoms with Crippen molar-refractivity contribution >= 4 is 5.71 Å². The van der Waals surface area contributed by atoms with Crippen molar-refractivity contribution in [3.8, 4) is 0 Å². The van der Waals surface area contributed by atoms with E-state index in [2.05, 4.69) is 5.16 Å². The molecule has 0 aromatic rings. The molecule has 2 N–H and O–H groups in total.